The van der Waals surface area contributed by atoms with Gasteiger partial charge in [0.1, 0.15) is 0 Å². The number of aromatic nitrogens is 9. The normalized spacial score (nSPS) is 9.25. The van der Waals surface area contributed by atoms with Gasteiger partial charge in [0.05, 0.1) is 0 Å². The molecular formula is C9H18Mg3N18O8P2. The van der Waals surface area contributed by atoms with Crippen molar-refractivity contribution in [1.82, 2.24) is 44.9 Å². The first-order chi connectivity index (χ1) is 16.5. The van der Waals surface area contributed by atoms with E-state index in [2.05, 4.69) is 44.9 Å². The second kappa shape index (κ2) is 22.4. The Morgan fingerprint density at radius 2 is 0.375 bits per heavy atom. The minimum absolute atomic E-state index is 0. The first-order valence-electron chi connectivity index (χ1n) is 8.08. The molecule has 3 aromatic rings. The molecule has 3 aromatic heterocycles. The Labute approximate surface area is 271 Å². The number of phosphoric acid groups is 2. The van der Waals surface area contributed by atoms with Crippen molar-refractivity contribution in [2.24, 2.45) is 0 Å². The van der Waals surface area contributed by atoms with E-state index in [1.807, 2.05) is 0 Å². The van der Waals surface area contributed by atoms with Crippen LogP contribution in [0.4, 0.5) is 53.5 Å². The standard InChI is InChI=1S/3C3H6N6.3Mg.2H3O4P/c3*4-1-7-2(5)9-3(6)8-1;;;;2*1-5(2,3)4/h3*(H6,4,5,6,7,8,9);;;;2*(H3,1,2,3,4)/q;;;3*+2;;/p-6. The fourth-order valence-corrected chi connectivity index (χ4v) is 1.28. The van der Waals surface area contributed by atoms with Crippen LogP contribution in [0, 0.1) is 0 Å². The van der Waals surface area contributed by atoms with Crippen LogP contribution in [0.25, 0.3) is 0 Å². The second-order valence-corrected chi connectivity index (χ2v) is 6.91. The number of rotatable bonds is 0. The van der Waals surface area contributed by atoms with Crippen molar-refractivity contribution in [3.63, 3.8) is 0 Å². The zero-order valence-electron chi connectivity index (χ0n) is 20.0. The van der Waals surface area contributed by atoms with Gasteiger partial charge in [0.15, 0.2) is 0 Å². The van der Waals surface area contributed by atoms with Crippen molar-refractivity contribution in [3.8, 4) is 0 Å². The molecule has 0 aliphatic heterocycles. The van der Waals surface area contributed by atoms with Crippen molar-refractivity contribution in [2.75, 3.05) is 51.6 Å². The summed E-state index contributed by atoms with van der Waals surface area (Å²) in [6.07, 6.45) is 0. The molecule has 0 radical (unpaired) electrons. The topological polar surface area (TPSA) is 523 Å². The van der Waals surface area contributed by atoms with E-state index in [0.29, 0.717) is 0 Å². The minimum atomic E-state index is -5.39. The van der Waals surface area contributed by atoms with Gasteiger partial charge in [0.25, 0.3) is 0 Å². The van der Waals surface area contributed by atoms with Gasteiger partial charge in [-0.2, -0.15) is 60.5 Å². The summed E-state index contributed by atoms with van der Waals surface area (Å²) in [7, 11) is -10.8. The van der Waals surface area contributed by atoms with Gasteiger partial charge in [-0.1, -0.05) is 0 Å². The first-order valence-corrected chi connectivity index (χ1v) is 11.0. The summed E-state index contributed by atoms with van der Waals surface area (Å²) < 4.78 is 17.1. The van der Waals surface area contributed by atoms with Gasteiger partial charge < -0.3 is 90.1 Å². The Balaban J connectivity index is -0.000000128. The summed E-state index contributed by atoms with van der Waals surface area (Å²) in [5.41, 5.74) is 46.2. The fraction of sp³-hybridized carbons (Fsp3) is 0. The number of nitrogens with two attached hydrogens (primary N) is 9. The van der Waals surface area contributed by atoms with Crippen molar-refractivity contribution in [3.05, 3.63) is 0 Å². The predicted octanol–water partition coefficient (Wildman–Crippen LogP) is -10.9. The van der Waals surface area contributed by atoms with E-state index in [1.165, 1.54) is 0 Å². The van der Waals surface area contributed by atoms with Gasteiger partial charge in [-0.05, 0) is 0 Å². The van der Waals surface area contributed by atoms with Crippen molar-refractivity contribution >= 4 is 138 Å². The number of nitrogen functional groups attached to an aromatic ring is 9. The molecule has 0 atom stereocenters. The van der Waals surface area contributed by atoms with Crippen molar-refractivity contribution < 1.29 is 38.5 Å². The SMILES string of the molecule is Nc1nc(N)nc(N)n1.Nc1nc(N)nc(N)n1.Nc1nc(N)nc(N)n1.O=P([O-])([O-])[O-].O=P([O-])([O-])[O-].[Mg+2].[Mg+2].[Mg+2]. The molecule has 26 nitrogen and oxygen atoms in total. The molecular weight excluding hydrogens is 623 g/mol. The van der Waals surface area contributed by atoms with Gasteiger partial charge in [0, 0.05) is 0 Å². The van der Waals surface area contributed by atoms with Crippen LogP contribution in [0.15, 0.2) is 0 Å². The molecule has 0 aliphatic rings. The third-order valence-corrected chi connectivity index (χ3v) is 2.06. The van der Waals surface area contributed by atoms with E-state index < -0.39 is 15.6 Å². The van der Waals surface area contributed by atoms with Crippen LogP contribution < -0.4 is 81.0 Å². The third-order valence-electron chi connectivity index (χ3n) is 2.06. The third kappa shape index (κ3) is 37.9. The van der Waals surface area contributed by atoms with Crippen LogP contribution in [0.2, 0.25) is 0 Å². The first kappa shape index (κ1) is 47.5. The molecule has 0 unspecified atom stereocenters. The summed E-state index contributed by atoms with van der Waals surface area (Å²) >= 11 is 0. The molecule has 0 aromatic carbocycles. The molecule has 0 bridgehead atoms. The van der Waals surface area contributed by atoms with E-state index in [4.69, 9.17) is 90.1 Å². The molecule has 0 aliphatic carbocycles. The van der Waals surface area contributed by atoms with Gasteiger partial charge >= 0.3 is 69.2 Å². The monoisotopic (exact) mass is 640 g/mol. The van der Waals surface area contributed by atoms with Crippen LogP contribution in [0.3, 0.4) is 0 Å². The maximum Gasteiger partial charge on any atom is 2.00 e. The van der Waals surface area contributed by atoms with Gasteiger partial charge in [0.2, 0.25) is 53.5 Å². The maximum absolute atomic E-state index is 8.55. The Bertz CT molecular complexity index is 932. The summed E-state index contributed by atoms with van der Waals surface area (Å²) in [5, 5.41) is 0. The maximum atomic E-state index is 8.55. The number of hydrogen-bond acceptors (Lipinski definition) is 26. The smallest absolute Gasteiger partial charge is 0.822 e. The number of nitrogens with zero attached hydrogens (tertiary/aromatic N) is 9. The summed E-state index contributed by atoms with van der Waals surface area (Å²) in [6.45, 7) is 0. The molecule has 3 rings (SSSR count). The molecule has 18 N–H and O–H groups in total. The van der Waals surface area contributed by atoms with Gasteiger partial charge in [-0.15, -0.1) is 0 Å². The zero-order chi connectivity index (χ0) is 29.6. The molecule has 40 heavy (non-hydrogen) atoms. The van der Waals surface area contributed by atoms with Gasteiger partial charge in [-0.25, -0.2) is 0 Å². The second-order valence-electron chi connectivity index (χ2n) is 5.12. The Kier molecular flexibility index (Phi) is 26.7. The molecule has 3 heterocycles. The Morgan fingerprint density at radius 3 is 0.425 bits per heavy atom. The van der Waals surface area contributed by atoms with Crippen molar-refractivity contribution in [2.45, 2.75) is 0 Å². The zero-order valence-corrected chi connectivity index (χ0v) is 26.0. The van der Waals surface area contributed by atoms with Gasteiger partial charge in [-0.3, -0.25) is 0 Å². The quantitative estimate of drug-likeness (QED) is 0.0812. The summed E-state index contributed by atoms with van der Waals surface area (Å²) in [4.78, 5) is 82.7. The van der Waals surface area contributed by atoms with E-state index in [-0.39, 0.29) is 123 Å². The van der Waals surface area contributed by atoms with E-state index >= 15 is 0 Å². The number of anilines is 9. The summed E-state index contributed by atoms with van der Waals surface area (Å²) in [5.74, 6) is 0.375. The van der Waals surface area contributed by atoms with Crippen LogP contribution in [-0.4, -0.2) is 114 Å². The fourth-order valence-electron chi connectivity index (χ4n) is 1.28. The molecule has 0 fully saturated rings. The molecule has 208 valence electrons. The molecule has 0 spiro atoms. The Morgan fingerprint density at radius 1 is 0.325 bits per heavy atom. The largest absolute Gasteiger partial charge is 2.00 e. The van der Waals surface area contributed by atoms with Crippen LogP contribution in [0.5, 0.6) is 0 Å². The van der Waals surface area contributed by atoms with Crippen LogP contribution >= 0.6 is 15.6 Å². The van der Waals surface area contributed by atoms with Crippen LogP contribution in [-0.2, 0) is 9.13 Å². The number of hydrogen-bond donors (Lipinski definition) is 9. The van der Waals surface area contributed by atoms with Crippen molar-refractivity contribution in [1.29, 1.82) is 0 Å². The summed E-state index contributed by atoms with van der Waals surface area (Å²) in [6, 6.07) is 0. The van der Waals surface area contributed by atoms with E-state index in [1.54, 1.807) is 0 Å². The predicted molar refractivity (Wildman–Crippen MR) is 132 cm³/mol. The molecule has 31 heteroatoms. The average Bonchev–Trinajstić information content (AvgIpc) is 2.55. The molecule has 0 amide bonds. The Hall–Kier alpha value is -2.25. The minimum Gasteiger partial charge on any atom is -0.822 e. The van der Waals surface area contributed by atoms with Crippen LogP contribution in [0.1, 0.15) is 0 Å². The molecule has 0 saturated heterocycles. The van der Waals surface area contributed by atoms with E-state index in [0.717, 1.165) is 0 Å². The molecule has 0 saturated carbocycles. The van der Waals surface area contributed by atoms with E-state index in [9.17, 15) is 0 Å². The average molecular weight is 641 g/mol.